The van der Waals surface area contributed by atoms with Gasteiger partial charge < -0.3 is 10.1 Å². The minimum absolute atomic E-state index is 0.118. The van der Waals surface area contributed by atoms with E-state index < -0.39 is 18.6 Å². The van der Waals surface area contributed by atoms with E-state index in [1.807, 2.05) is 38.1 Å². The number of benzene rings is 1. The third kappa shape index (κ3) is 3.88. The van der Waals surface area contributed by atoms with Gasteiger partial charge in [-0.1, -0.05) is 18.2 Å². The van der Waals surface area contributed by atoms with Gasteiger partial charge in [-0.2, -0.15) is 13.2 Å². The Morgan fingerprint density at radius 2 is 2.00 bits per heavy atom. The van der Waals surface area contributed by atoms with Crippen LogP contribution in [0.4, 0.5) is 13.2 Å². The Bertz CT molecular complexity index is 470. The van der Waals surface area contributed by atoms with E-state index in [-0.39, 0.29) is 11.6 Å². The number of nitrogens with one attached hydrogen (secondary N) is 1. The maximum Gasteiger partial charge on any atom is 0.390 e. The summed E-state index contributed by atoms with van der Waals surface area (Å²) in [5.41, 5.74) is 0.546. The topological polar surface area (TPSA) is 21.3 Å². The fraction of sp³-hybridized carbons (Fsp3) is 0.600. The van der Waals surface area contributed by atoms with Crippen molar-refractivity contribution in [1.29, 1.82) is 0 Å². The molecule has 2 atom stereocenters. The van der Waals surface area contributed by atoms with Gasteiger partial charge in [0.15, 0.2) is 0 Å². The molecule has 1 aliphatic rings. The number of hydrogen-bond donors (Lipinski definition) is 1. The van der Waals surface area contributed by atoms with Gasteiger partial charge >= 0.3 is 6.18 Å². The lowest BCUT2D eigenvalue weighted by molar-refractivity contribution is -0.139. The van der Waals surface area contributed by atoms with E-state index in [1.54, 1.807) is 6.92 Å². The lowest BCUT2D eigenvalue weighted by atomic mass is 9.89. The lowest BCUT2D eigenvalue weighted by Crippen LogP contribution is -2.43. The second-order valence-corrected chi connectivity index (χ2v) is 6.04. The van der Waals surface area contributed by atoms with E-state index in [2.05, 4.69) is 5.32 Å². The Hall–Kier alpha value is -1.23. The number of para-hydroxylation sites is 1. The molecule has 0 radical (unpaired) electrons. The van der Waals surface area contributed by atoms with Gasteiger partial charge in [0.05, 0.1) is 6.42 Å². The minimum Gasteiger partial charge on any atom is -0.487 e. The smallest absolute Gasteiger partial charge is 0.390 e. The third-order valence-electron chi connectivity index (χ3n) is 3.40. The summed E-state index contributed by atoms with van der Waals surface area (Å²) in [7, 11) is 0. The monoisotopic (exact) mass is 287 g/mol. The summed E-state index contributed by atoms with van der Waals surface area (Å²) in [5.74, 6) is 0.750. The molecule has 1 heterocycles. The largest absolute Gasteiger partial charge is 0.487 e. The summed E-state index contributed by atoms with van der Waals surface area (Å²) in [4.78, 5) is 0. The molecule has 0 saturated heterocycles. The number of fused-ring (bicyclic) bond motifs is 1. The van der Waals surface area contributed by atoms with E-state index in [4.69, 9.17) is 4.74 Å². The van der Waals surface area contributed by atoms with Crippen LogP contribution in [-0.4, -0.2) is 17.8 Å². The van der Waals surface area contributed by atoms with Crippen LogP contribution >= 0.6 is 0 Å². The predicted octanol–water partition coefficient (Wildman–Crippen LogP) is 4.22. The van der Waals surface area contributed by atoms with E-state index in [0.717, 1.165) is 11.3 Å². The van der Waals surface area contributed by atoms with Crippen molar-refractivity contribution >= 4 is 0 Å². The molecule has 0 amide bonds. The molecule has 0 bridgehead atoms. The first-order valence-electron chi connectivity index (χ1n) is 6.77. The highest BCUT2D eigenvalue weighted by molar-refractivity contribution is 5.38. The van der Waals surface area contributed by atoms with Crippen LogP contribution in [0, 0.1) is 0 Å². The van der Waals surface area contributed by atoms with Crippen LogP contribution in [0.2, 0.25) is 0 Å². The molecule has 112 valence electrons. The Balaban J connectivity index is 2.15. The molecule has 0 aromatic heterocycles. The molecule has 1 aromatic carbocycles. The fourth-order valence-electron chi connectivity index (χ4n) is 2.70. The van der Waals surface area contributed by atoms with Crippen molar-refractivity contribution in [3.63, 3.8) is 0 Å². The van der Waals surface area contributed by atoms with E-state index in [9.17, 15) is 13.2 Å². The van der Waals surface area contributed by atoms with Gasteiger partial charge in [-0.25, -0.2) is 0 Å². The third-order valence-corrected chi connectivity index (χ3v) is 3.40. The molecule has 0 aliphatic carbocycles. The van der Waals surface area contributed by atoms with Crippen molar-refractivity contribution in [3.8, 4) is 5.75 Å². The summed E-state index contributed by atoms with van der Waals surface area (Å²) in [6.07, 6.45) is -4.33. The zero-order valence-electron chi connectivity index (χ0n) is 11.9. The van der Waals surface area contributed by atoms with Gasteiger partial charge in [-0.3, -0.25) is 0 Å². The highest BCUT2D eigenvalue weighted by Crippen LogP contribution is 2.39. The van der Waals surface area contributed by atoms with Crippen LogP contribution in [0.15, 0.2) is 24.3 Å². The second-order valence-electron chi connectivity index (χ2n) is 6.04. The van der Waals surface area contributed by atoms with Crippen molar-refractivity contribution in [1.82, 2.24) is 5.32 Å². The first-order chi connectivity index (χ1) is 9.16. The summed E-state index contributed by atoms with van der Waals surface area (Å²) in [6.45, 7) is 5.47. The van der Waals surface area contributed by atoms with E-state index in [0.29, 0.717) is 6.42 Å². The van der Waals surface area contributed by atoms with E-state index >= 15 is 0 Å². The van der Waals surface area contributed by atoms with Crippen LogP contribution in [0.1, 0.15) is 45.2 Å². The number of ether oxygens (including phenoxy) is 1. The highest BCUT2D eigenvalue weighted by Gasteiger charge is 2.36. The molecule has 2 rings (SSSR count). The quantitative estimate of drug-likeness (QED) is 0.898. The highest BCUT2D eigenvalue weighted by atomic mass is 19.4. The zero-order valence-corrected chi connectivity index (χ0v) is 11.9. The van der Waals surface area contributed by atoms with Gasteiger partial charge in [-0.15, -0.1) is 0 Å². The lowest BCUT2D eigenvalue weighted by Gasteiger charge is -2.39. The molecule has 0 fully saturated rings. The van der Waals surface area contributed by atoms with Gasteiger partial charge in [0.25, 0.3) is 0 Å². The zero-order chi connectivity index (χ0) is 15.0. The average molecular weight is 287 g/mol. The summed E-state index contributed by atoms with van der Waals surface area (Å²) < 4.78 is 43.2. The second kappa shape index (κ2) is 5.28. The van der Waals surface area contributed by atoms with Crippen molar-refractivity contribution < 1.29 is 17.9 Å². The molecule has 0 spiro atoms. The molecular weight excluding hydrogens is 267 g/mol. The molecule has 2 unspecified atom stereocenters. The Morgan fingerprint density at radius 1 is 1.35 bits per heavy atom. The normalized spacial score (nSPS) is 22.8. The predicted molar refractivity (Wildman–Crippen MR) is 71.8 cm³/mol. The first kappa shape index (κ1) is 15.2. The molecule has 1 aliphatic heterocycles. The molecule has 20 heavy (non-hydrogen) atoms. The molecule has 0 saturated carbocycles. The summed E-state index contributed by atoms with van der Waals surface area (Å²) in [5, 5.41) is 3.09. The Kier molecular flexibility index (Phi) is 4.00. The van der Waals surface area contributed by atoms with Gasteiger partial charge in [0.2, 0.25) is 0 Å². The standard InChI is InChI=1S/C15H20F3NO/c1-10(8-15(16,17)18)19-12-9-14(2,3)20-13-7-5-4-6-11(12)13/h4-7,10,12,19H,8-9H2,1-3H3. The van der Waals surface area contributed by atoms with Crippen LogP contribution in [0.3, 0.4) is 0 Å². The average Bonchev–Trinajstić information content (AvgIpc) is 2.24. The molecular formula is C15H20F3NO. The van der Waals surface area contributed by atoms with Crippen LogP contribution in [0.5, 0.6) is 5.75 Å². The van der Waals surface area contributed by atoms with Gasteiger partial charge in [-0.05, 0) is 26.8 Å². The molecule has 1 N–H and O–H groups in total. The fourth-order valence-corrected chi connectivity index (χ4v) is 2.70. The van der Waals surface area contributed by atoms with Gasteiger partial charge in [0.1, 0.15) is 11.4 Å². The number of rotatable bonds is 3. The minimum atomic E-state index is -4.15. The van der Waals surface area contributed by atoms with Crippen molar-refractivity contribution in [2.24, 2.45) is 0 Å². The van der Waals surface area contributed by atoms with Crippen molar-refractivity contribution in [2.75, 3.05) is 0 Å². The number of hydrogen-bond acceptors (Lipinski definition) is 2. The van der Waals surface area contributed by atoms with Crippen molar-refractivity contribution in [3.05, 3.63) is 29.8 Å². The van der Waals surface area contributed by atoms with E-state index in [1.165, 1.54) is 0 Å². The SMILES string of the molecule is CC(CC(F)(F)F)NC1CC(C)(C)Oc2ccccc21. The maximum atomic E-state index is 12.4. The molecule has 2 nitrogen and oxygen atoms in total. The number of alkyl halides is 3. The maximum absolute atomic E-state index is 12.4. The Labute approximate surface area is 117 Å². The summed E-state index contributed by atoms with van der Waals surface area (Å²) in [6, 6.07) is 6.77. The summed E-state index contributed by atoms with van der Waals surface area (Å²) >= 11 is 0. The first-order valence-corrected chi connectivity index (χ1v) is 6.77. The molecule has 1 aromatic rings. The van der Waals surface area contributed by atoms with Gasteiger partial charge in [0, 0.05) is 24.1 Å². The van der Waals surface area contributed by atoms with Crippen LogP contribution in [0.25, 0.3) is 0 Å². The van der Waals surface area contributed by atoms with Crippen LogP contribution < -0.4 is 10.1 Å². The Morgan fingerprint density at radius 3 is 2.65 bits per heavy atom. The molecule has 5 heteroatoms. The van der Waals surface area contributed by atoms with Crippen LogP contribution in [-0.2, 0) is 0 Å². The van der Waals surface area contributed by atoms with Crippen molar-refractivity contribution in [2.45, 2.75) is 57.5 Å². The number of halogens is 3.